The number of pyridine rings is 1. The summed E-state index contributed by atoms with van der Waals surface area (Å²) < 4.78 is 28.1. The number of benzene rings is 2. The van der Waals surface area contributed by atoms with Crippen LogP contribution in [0.3, 0.4) is 0 Å². The van der Waals surface area contributed by atoms with Crippen molar-refractivity contribution >= 4 is 38.5 Å². The molecular weight excluding hydrogens is 382 g/mol. The fraction of sp³-hybridized carbons (Fsp3) is 0.105. The Morgan fingerprint density at radius 3 is 2.50 bits per heavy atom. The number of hydrogen-bond donors (Lipinski definition) is 3. The molecule has 0 radical (unpaired) electrons. The molecule has 3 aromatic rings. The first-order valence-corrected chi connectivity index (χ1v) is 9.73. The number of aliphatic carboxylic acids is 1. The lowest BCUT2D eigenvalue weighted by Gasteiger charge is -2.11. The lowest BCUT2D eigenvalue weighted by molar-refractivity contribution is -0.135. The third-order valence-corrected chi connectivity index (χ3v) is 5.31. The number of aryl methyl sites for hydroxylation is 1. The number of carbonyl (C=O) groups is 2. The summed E-state index contributed by atoms with van der Waals surface area (Å²) in [7, 11) is -3.90. The predicted molar refractivity (Wildman–Crippen MR) is 104 cm³/mol. The lowest BCUT2D eigenvalue weighted by Crippen LogP contribution is -2.29. The van der Waals surface area contributed by atoms with Crippen molar-refractivity contribution in [3.8, 4) is 0 Å². The Balaban J connectivity index is 1.83. The van der Waals surface area contributed by atoms with Crippen LogP contribution in [0.5, 0.6) is 0 Å². The van der Waals surface area contributed by atoms with Gasteiger partial charge in [0, 0.05) is 22.8 Å². The first kappa shape index (κ1) is 19.3. The second-order valence-corrected chi connectivity index (χ2v) is 7.75. The van der Waals surface area contributed by atoms with Crippen LogP contribution in [0.4, 0.5) is 5.69 Å². The highest BCUT2D eigenvalue weighted by Gasteiger charge is 2.18. The first-order chi connectivity index (χ1) is 13.3. The maximum Gasteiger partial charge on any atom is 0.322 e. The van der Waals surface area contributed by atoms with Gasteiger partial charge < -0.3 is 10.4 Å². The second-order valence-electron chi connectivity index (χ2n) is 6.10. The number of carbonyl (C=O) groups excluding carboxylic acids is 1. The van der Waals surface area contributed by atoms with Crippen molar-refractivity contribution in [3.63, 3.8) is 0 Å². The molecular formula is C19H17N3O5S. The van der Waals surface area contributed by atoms with Gasteiger partial charge in [-0.3, -0.25) is 19.3 Å². The molecule has 1 heterocycles. The molecule has 0 unspecified atom stereocenters. The van der Waals surface area contributed by atoms with E-state index in [9.17, 15) is 18.0 Å². The number of nitrogens with zero attached hydrogens (tertiary/aromatic N) is 1. The molecule has 0 bridgehead atoms. The Labute approximate surface area is 161 Å². The quantitative estimate of drug-likeness (QED) is 0.583. The zero-order valence-corrected chi connectivity index (χ0v) is 15.7. The molecule has 28 heavy (non-hydrogen) atoms. The van der Waals surface area contributed by atoms with E-state index in [2.05, 4.69) is 15.0 Å². The van der Waals surface area contributed by atoms with E-state index in [0.29, 0.717) is 10.9 Å². The summed E-state index contributed by atoms with van der Waals surface area (Å²) in [6.45, 7) is 1.38. The van der Waals surface area contributed by atoms with E-state index in [-0.39, 0.29) is 16.1 Å². The number of rotatable bonds is 6. The van der Waals surface area contributed by atoms with Crippen LogP contribution in [0.25, 0.3) is 10.9 Å². The van der Waals surface area contributed by atoms with Gasteiger partial charge in [0.25, 0.3) is 15.9 Å². The van der Waals surface area contributed by atoms with Crippen molar-refractivity contribution in [1.82, 2.24) is 10.3 Å². The van der Waals surface area contributed by atoms with E-state index in [4.69, 9.17) is 5.11 Å². The molecule has 1 aromatic heterocycles. The van der Waals surface area contributed by atoms with Crippen LogP contribution in [-0.2, 0) is 14.8 Å². The topological polar surface area (TPSA) is 125 Å². The number of sulfonamides is 1. The largest absolute Gasteiger partial charge is 0.480 e. The highest BCUT2D eigenvalue weighted by Crippen LogP contribution is 2.24. The molecule has 2 aromatic carbocycles. The summed E-state index contributed by atoms with van der Waals surface area (Å²) in [6.07, 6.45) is 1.60. The molecule has 3 N–H and O–H groups in total. The minimum atomic E-state index is -3.90. The van der Waals surface area contributed by atoms with Crippen molar-refractivity contribution < 1.29 is 23.1 Å². The SMILES string of the molecule is Cc1cnc2c(S(=O)(=O)Nc3ccc(C(=O)NCC(=O)O)cc3)cccc2c1. The van der Waals surface area contributed by atoms with Gasteiger partial charge in [-0.2, -0.15) is 0 Å². The zero-order valence-electron chi connectivity index (χ0n) is 14.8. The standard InChI is InChI=1S/C19H17N3O5S/c1-12-9-14-3-2-4-16(18(14)20-10-12)28(26,27)22-15-7-5-13(6-8-15)19(25)21-11-17(23)24/h2-10,22H,11H2,1H3,(H,21,25)(H,23,24). The first-order valence-electron chi connectivity index (χ1n) is 8.24. The summed E-state index contributed by atoms with van der Waals surface area (Å²) in [5.41, 5.74) is 1.77. The monoisotopic (exact) mass is 399 g/mol. The Morgan fingerprint density at radius 1 is 1.11 bits per heavy atom. The zero-order chi connectivity index (χ0) is 20.3. The molecule has 0 aliphatic carbocycles. The molecule has 0 saturated heterocycles. The van der Waals surface area contributed by atoms with Gasteiger partial charge in [-0.05, 0) is 48.9 Å². The van der Waals surface area contributed by atoms with Crippen LogP contribution < -0.4 is 10.0 Å². The molecule has 0 aliphatic rings. The lowest BCUT2D eigenvalue weighted by atomic mass is 10.2. The number of hydrogen-bond acceptors (Lipinski definition) is 5. The Hall–Kier alpha value is -3.46. The van der Waals surface area contributed by atoms with Gasteiger partial charge in [-0.15, -0.1) is 0 Å². The Bertz CT molecular complexity index is 1160. The van der Waals surface area contributed by atoms with Crippen molar-refractivity contribution in [2.24, 2.45) is 0 Å². The molecule has 0 fully saturated rings. The van der Waals surface area contributed by atoms with Crippen LogP contribution in [0.15, 0.2) is 59.6 Å². The van der Waals surface area contributed by atoms with Crippen LogP contribution in [-0.4, -0.2) is 36.9 Å². The fourth-order valence-electron chi connectivity index (χ4n) is 2.62. The summed E-state index contributed by atoms with van der Waals surface area (Å²) in [6, 6.07) is 12.4. The highest BCUT2D eigenvalue weighted by atomic mass is 32.2. The van der Waals surface area contributed by atoms with E-state index in [1.54, 1.807) is 18.3 Å². The number of carboxylic acids is 1. The number of aromatic nitrogens is 1. The molecule has 0 aliphatic heterocycles. The smallest absolute Gasteiger partial charge is 0.322 e. The number of para-hydroxylation sites is 1. The fourth-order valence-corrected chi connectivity index (χ4v) is 3.86. The number of carboxylic acid groups (broad SMARTS) is 1. The van der Waals surface area contributed by atoms with Gasteiger partial charge >= 0.3 is 5.97 Å². The maximum atomic E-state index is 12.8. The minimum absolute atomic E-state index is 0.0493. The van der Waals surface area contributed by atoms with Gasteiger partial charge in [0.15, 0.2) is 0 Å². The number of amides is 1. The number of nitrogens with one attached hydrogen (secondary N) is 2. The Kier molecular flexibility index (Phi) is 5.27. The van der Waals surface area contributed by atoms with E-state index in [1.165, 1.54) is 30.3 Å². The van der Waals surface area contributed by atoms with Crippen LogP contribution in [0.1, 0.15) is 15.9 Å². The molecule has 8 nitrogen and oxygen atoms in total. The predicted octanol–water partition coefficient (Wildman–Crippen LogP) is 2.16. The van der Waals surface area contributed by atoms with Crippen LogP contribution >= 0.6 is 0 Å². The van der Waals surface area contributed by atoms with Crippen molar-refractivity contribution in [1.29, 1.82) is 0 Å². The van der Waals surface area contributed by atoms with E-state index < -0.39 is 28.4 Å². The molecule has 0 spiro atoms. The average Bonchev–Trinajstić information content (AvgIpc) is 2.65. The number of anilines is 1. The van der Waals surface area contributed by atoms with Crippen LogP contribution in [0, 0.1) is 6.92 Å². The highest BCUT2D eigenvalue weighted by molar-refractivity contribution is 7.93. The molecule has 0 atom stereocenters. The summed E-state index contributed by atoms with van der Waals surface area (Å²) in [4.78, 5) is 26.6. The van der Waals surface area contributed by atoms with Gasteiger partial charge in [-0.25, -0.2) is 8.42 Å². The van der Waals surface area contributed by atoms with Crippen molar-refractivity contribution in [3.05, 3.63) is 65.9 Å². The Morgan fingerprint density at radius 2 is 1.82 bits per heavy atom. The van der Waals surface area contributed by atoms with E-state index in [0.717, 1.165) is 5.56 Å². The van der Waals surface area contributed by atoms with E-state index in [1.807, 2.05) is 13.0 Å². The van der Waals surface area contributed by atoms with Crippen molar-refractivity contribution in [2.45, 2.75) is 11.8 Å². The van der Waals surface area contributed by atoms with Gasteiger partial charge in [0.2, 0.25) is 0 Å². The van der Waals surface area contributed by atoms with E-state index >= 15 is 0 Å². The van der Waals surface area contributed by atoms with Crippen molar-refractivity contribution in [2.75, 3.05) is 11.3 Å². The van der Waals surface area contributed by atoms with Gasteiger partial charge in [0.05, 0.1) is 5.52 Å². The van der Waals surface area contributed by atoms with Gasteiger partial charge in [-0.1, -0.05) is 12.1 Å². The second kappa shape index (κ2) is 7.65. The number of fused-ring (bicyclic) bond motifs is 1. The normalized spacial score (nSPS) is 11.2. The summed E-state index contributed by atoms with van der Waals surface area (Å²) in [5.74, 6) is -1.72. The summed E-state index contributed by atoms with van der Waals surface area (Å²) >= 11 is 0. The maximum absolute atomic E-state index is 12.8. The molecule has 144 valence electrons. The van der Waals surface area contributed by atoms with Crippen LogP contribution in [0.2, 0.25) is 0 Å². The molecule has 1 amide bonds. The molecule has 0 saturated carbocycles. The third-order valence-electron chi connectivity index (χ3n) is 3.90. The van der Waals surface area contributed by atoms with Gasteiger partial charge in [0.1, 0.15) is 11.4 Å². The molecule has 9 heteroatoms. The summed E-state index contributed by atoms with van der Waals surface area (Å²) in [5, 5.41) is 11.5. The molecule has 3 rings (SSSR count). The average molecular weight is 399 g/mol. The third kappa shape index (κ3) is 4.26. The minimum Gasteiger partial charge on any atom is -0.480 e.